The summed E-state index contributed by atoms with van der Waals surface area (Å²) in [5.74, 6) is 0.287. The van der Waals surface area contributed by atoms with Crippen LogP contribution in [0.15, 0.2) is 60.7 Å². The third-order valence-corrected chi connectivity index (χ3v) is 3.32. The zero-order valence-corrected chi connectivity index (χ0v) is 9.51. The van der Waals surface area contributed by atoms with Crippen LogP contribution < -0.4 is 0 Å². The minimum atomic E-state index is 0.0980. The maximum atomic E-state index is 8.94. The minimum absolute atomic E-state index is 0.0980. The Balaban J connectivity index is 2.20. The molecule has 3 rings (SSSR count). The van der Waals surface area contributed by atoms with Crippen molar-refractivity contribution < 1.29 is 5.11 Å². The molecule has 1 aliphatic rings. The van der Waals surface area contributed by atoms with Gasteiger partial charge in [0.15, 0.2) is 0 Å². The molecule has 0 bridgehead atoms. The molecule has 1 heteroatoms. The highest BCUT2D eigenvalue weighted by Gasteiger charge is 2.25. The fourth-order valence-electron chi connectivity index (χ4n) is 2.60. The number of hydrogen-bond donors (Lipinski definition) is 1. The summed E-state index contributed by atoms with van der Waals surface area (Å²) in [5.41, 5.74) is 5.29. The Hall–Kier alpha value is -1.86. The van der Waals surface area contributed by atoms with Gasteiger partial charge in [-0.2, -0.15) is 0 Å². The SMILES string of the molecule is OC/C=C/C1c2ccccc2-c2ccccc21. The summed E-state index contributed by atoms with van der Waals surface area (Å²) in [5, 5.41) is 8.94. The van der Waals surface area contributed by atoms with Gasteiger partial charge in [-0.05, 0) is 22.3 Å². The lowest BCUT2D eigenvalue weighted by Gasteiger charge is -2.07. The average Bonchev–Trinajstić information content (AvgIpc) is 2.71. The Labute approximate surface area is 101 Å². The lowest BCUT2D eigenvalue weighted by Crippen LogP contribution is -1.92. The van der Waals surface area contributed by atoms with Crippen LogP contribution in [0, 0.1) is 0 Å². The van der Waals surface area contributed by atoms with Crippen molar-refractivity contribution in [1.29, 1.82) is 0 Å². The molecule has 0 aliphatic heterocycles. The van der Waals surface area contributed by atoms with Crippen LogP contribution in [0.1, 0.15) is 17.0 Å². The molecule has 0 fully saturated rings. The van der Waals surface area contributed by atoms with Crippen molar-refractivity contribution in [3.63, 3.8) is 0 Å². The van der Waals surface area contributed by atoms with Gasteiger partial charge in [-0.15, -0.1) is 0 Å². The molecule has 84 valence electrons. The lowest BCUT2D eigenvalue weighted by atomic mass is 9.97. The molecule has 0 heterocycles. The normalized spacial score (nSPS) is 13.9. The van der Waals surface area contributed by atoms with Gasteiger partial charge in [0.1, 0.15) is 0 Å². The number of aliphatic hydroxyl groups excluding tert-OH is 1. The van der Waals surface area contributed by atoms with Crippen molar-refractivity contribution >= 4 is 0 Å². The van der Waals surface area contributed by atoms with E-state index in [0.717, 1.165) is 0 Å². The summed E-state index contributed by atoms with van der Waals surface area (Å²) < 4.78 is 0. The predicted molar refractivity (Wildman–Crippen MR) is 69.9 cm³/mol. The van der Waals surface area contributed by atoms with Gasteiger partial charge >= 0.3 is 0 Å². The van der Waals surface area contributed by atoms with E-state index in [9.17, 15) is 0 Å². The van der Waals surface area contributed by atoms with E-state index >= 15 is 0 Å². The number of rotatable bonds is 2. The zero-order chi connectivity index (χ0) is 11.7. The number of fused-ring (bicyclic) bond motifs is 3. The van der Waals surface area contributed by atoms with Gasteiger partial charge in [0.2, 0.25) is 0 Å². The van der Waals surface area contributed by atoms with Gasteiger partial charge in [0.05, 0.1) is 6.61 Å². The fourth-order valence-corrected chi connectivity index (χ4v) is 2.60. The van der Waals surface area contributed by atoms with Gasteiger partial charge in [-0.25, -0.2) is 0 Å². The van der Waals surface area contributed by atoms with Crippen molar-refractivity contribution in [2.45, 2.75) is 5.92 Å². The summed E-state index contributed by atoms with van der Waals surface area (Å²) in [6, 6.07) is 17.0. The molecular formula is C16H14O. The molecule has 2 aromatic carbocycles. The third kappa shape index (κ3) is 1.60. The van der Waals surface area contributed by atoms with Crippen molar-refractivity contribution in [2.24, 2.45) is 0 Å². The van der Waals surface area contributed by atoms with E-state index < -0.39 is 0 Å². The second-order valence-electron chi connectivity index (χ2n) is 4.26. The van der Waals surface area contributed by atoms with Crippen LogP contribution in [0.4, 0.5) is 0 Å². The lowest BCUT2D eigenvalue weighted by molar-refractivity contribution is 0.342. The first-order valence-electron chi connectivity index (χ1n) is 5.87. The van der Waals surface area contributed by atoms with E-state index in [0.29, 0.717) is 0 Å². The molecular weight excluding hydrogens is 208 g/mol. The van der Waals surface area contributed by atoms with Gasteiger partial charge in [0, 0.05) is 5.92 Å². The summed E-state index contributed by atoms with van der Waals surface area (Å²) in [4.78, 5) is 0. The van der Waals surface area contributed by atoms with Crippen LogP contribution in [-0.4, -0.2) is 11.7 Å². The Kier molecular flexibility index (Phi) is 2.54. The van der Waals surface area contributed by atoms with E-state index in [2.05, 4.69) is 54.6 Å². The van der Waals surface area contributed by atoms with Crippen LogP contribution in [0.2, 0.25) is 0 Å². The van der Waals surface area contributed by atoms with E-state index in [-0.39, 0.29) is 12.5 Å². The number of allylic oxidation sites excluding steroid dienone is 1. The molecule has 1 N–H and O–H groups in total. The smallest absolute Gasteiger partial charge is 0.0612 e. The quantitative estimate of drug-likeness (QED) is 0.772. The van der Waals surface area contributed by atoms with Crippen LogP contribution in [0.3, 0.4) is 0 Å². The van der Waals surface area contributed by atoms with Gasteiger partial charge in [0.25, 0.3) is 0 Å². The third-order valence-electron chi connectivity index (χ3n) is 3.32. The number of benzene rings is 2. The summed E-state index contributed by atoms with van der Waals surface area (Å²) in [6.07, 6.45) is 3.91. The molecule has 17 heavy (non-hydrogen) atoms. The molecule has 2 aromatic rings. The average molecular weight is 222 g/mol. The van der Waals surface area contributed by atoms with Crippen molar-refractivity contribution in [2.75, 3.05) is 6.61 Å². The van der Waals surface area contributed by atoms with E-state index in [1.54, 1.807) is 0 Å². The molecule has 0 aromatic heterocycles. The molecule has 0 saturated carbocycles. The molecule has 0 radical (unpaired) electrons. The second-order valence-corrected chi connectivity index (χ2v) is 4.26. The standard InChI is InChI=1S/C16H14O/c17-11-5-10-16-14-8-3-1-6-12(14)13-7-2-4-9-15(13)16/h1-10,16-17H,11H2/b10-5+. The van der Waals surface area contributed by atoms with Crippen molar-refractivity contribution in [3.8, 4) is 11.1 Å². The Morgan fingerprint density at radius 3 is 1.94 bits per heavy atom. The van der Waals surface area contributed by atoms with Crippen LogP contribution in [0.25, 0.3) is 11.1 Å². The summed E-state index contributed by atoms with van der Waals surface area (Å²) in [6.45, 7) is 0.0980. The largest absolute Gasteiger partial charge is 0.392 e. The number of hydrogen-bond acceptors (Lipinski definition) is 1. The molecule has 1 aliphatic carbocycles. The molecule has 0 spiro atoms. The van der Waals surface area contributed by atoms with Gasteiger partial charge in [-0.3, -0.25) is 0 Å². The molecule has 0 atom stereocenters. The van der Waals surface area contributed by atoms with Crippen LogP contribution >= 0.6 is 0 Å². The number of aliphatic hydroxyl groups is 1. The fraction of sp³-hybridized carbons (Fsp3) is 0.125. The zero-order valence-electron chi connectivity index (χ0n) is 9.51. The molecule has 1 nitrogen and oxygen atoms in total. The highest BCUT2D eigenvalue weighted by Crippen LogP contribution is 2.44. The van der Waals surface area contributed by atoms with Gasteiger partial charge in [-0.1, -0.05) is 60.7 Å². The second kappa shape index (κ2) is 4.19. The first-order valence-corrected chi connectivity index (χ1v) is 5.87. The maximum absolute atomic E-state index is 8.94. The van der Waals surface area contributed by atoms with Crippen molar-refractivity contribution in [3.05, 3.63) is 71.8 Å². The van der Waals surface area contributed by atoms with Gasteiger partial charge < -0.3 is 5.11 Å². The monoisotopic (exact) mass is 222 g/mol. The first kappa shape index (κ1) is 10.3. The highest BCUT2D eigenvalue weighted by molar-refractivity contribution is 5.79. The molecule has 0 unspecified atom stereocenters. The molecule has 0 saturated heterocycles. The van der Waals surface area contributed by atoms with E-state index in [1.165, 1.54) is 22.3 Å². The first-order chi connectivity index (χ1) is 8.42. The Morgan fingerprint density at radius 2 is 1.41 bits per heavy atom. The van der Waals surface area contributed by atoms with E-state index in [4.69, 9.17) is 5.11 Å². The van der Waals surface area contributed by atoms with Crippen LogP contribution in [0.5, 0.6) is 0 Å². The Bertz CT molecular complexity index is 524. The van der Waals surface area contributed by atoms with Crippen molar-refractivity contribution in [1.82, 2.24) is 0 Å². The highest BCUT2D eigenvalue weighted by atomic mass is 16.2. The predicted octanol–water partition coefficient (Wildman–Crippen LogP) is 3.35. The minimum Gasteiger partial charge on any atom is -0.392 e. The topological polar surface area (TPSA) is 20.2 Å². The molecule has 0 amide bonds. The Morgan fingerprint density at radius 1 is 0.882 bits per heavy atom. The summed E-state index contributed by atoms with van der Waals surface area (Å²) in [7, 11) is 0. The van der Waals surface area contributed by atoms with Crippen LogP contribution in [-0.2, 0) is 0 Å². The van der Waals surface area contributed by atoms with E-state index in [1.807, 2.05) is 6.08 Å². The summed E-state index contributed by atoms with van der Waals surface area (Å²) >= 11 is 0. The maximum Gasteiger partial charge on any atom is 0.0612 e.